The molecule has 1 rings (SSSR count). The molecule has 96 valence electrons. The predicted molar refractivity (Wildman–Crippen MR) is 67.6 cm³/mol. The lowest BCUT2D eigenvalue weighted by Gasteiger charge is -2.14. The van der Waals surface area contributed by atoms with Crippen LogP contribution in [0.5, 0.6) is 5.75 Å². The molecule has 0 radical (unpaired) electrons. The van der Waals surface area contributed by atoms with Crippen molar-refractivity contribution in [1.29, 1.82) is 0 Å². The Morgan fingerprint density at radius 2 is 2.18 bits per heavy atom. The molecule has 0 spiro atoms. The van der Waals surface area contributed by atoms with Crippen LogP contribution in [-0.4, -0.2) is 38.6 Å². The van der Waals surface area contributed by atoms with Gasteiger partial charge in [0.15, 0.2) is 0 Å². The number of hydrogen-bond acceptors (Lipinski definition) is 4. The van der Waals surface area contributed by atoms with Crippen LogP contribution in [0.15, 0.2) is 18.2 Å². The highest BCUT2D eigenvalue weighted by Crippen LogP contribution is 2.22. The van der Waals surface area contributed by atoms with Gasteiger partial charge >= 0.3 is 0 Å². The zero-order valence-corrected chi connectivity index (χ0v) is 10.8. The Morgan fingerprint density at radius 3 is 2.82 bits per heavy atom. The van der Waals surface area contributed by atoms with Crippen molar-refractivity contribution < 1.29 is 14.6 Å². The Kier molecular flexibility index (Phi) is 6.29. The fraction of sp³-hybridized carbons (Fsp3) is 0.500. The zero-order valence-electron chi connectivity index (χ0n) is 10.1. The predicted octanol–water partition coefficient (Wildman–Crippen LogP) is 1.45. The Labute approximate surface area is 106 Å². The van der Waals surface area contributed by atoms with Gasteiger partial charge in [-0.3, -0.25) is 0 Å². The maximum Gasteiger partial charge on any atom is 0.124 e. The van der Waals surface area contributed by atoms with Gasteiger partial charge in [0.1, 0.15) is 18.5 Å². The molecule has 1 atom stereocenters. The van der Waals surface area contributed by atoms with Crippen molar-refractivity contribution in [2.24, 2.45) is 0 Å². The molecule has 0 heterocycles. The molecule has 0 aromatic heterocycles. The van der Waals surface area contributed by atoms with Crippen molar-refractivity contribution >= 4 is 11.6 Å². The number of methoxy groups -OCH3 is 1. The van der Waals surface area contributed by atoms with Crippen LogP contribution in [0.1, 0.15) is 5.56 Å². The molecule has 5 heteroatoms. The molecule has 1 aromatic carbocycles. The molecular formula is C12H18ClNO3. The van der Waals surface area contributed by atoms with Gasteiger partial charge in [-0.1, -0.05) is 11.6 Å². The van der Waals surface area contributed by atoms with Gasteiger partial charge in [-0.05, 0) is 25.2 Å². The first-order valence-corrected chi connectivity index (χ1v) is 5.78. The third kappa shape index (κ3) is 4.91. The van der Waals surface area contributed by atoms with Gasteiger partial charge in [-0.2, -0.15) is 0 Å². The van der Waals surface area contributed by atoms with Crippen molar-refractivity contribution in [3.05, 3.63) is 28.8 Å². The molecule has 0 fully saturated rings. The second-order valence-corrected chi connectivity index (χ2v) is 4.14. The van der Waals surface area contributed by atoms with Crippen LogP contribution < -0.4 is 10.1 Å². The summed E-state index contributed by atoms with van der Waals surface area (Å²) in [6, 6.07) is 5.41. The summed E-state index contributed by atoms with van der Waals surface area (Å²) in [6.45, 7) is 1.12. The van der Waals surface area contributed by atoms with Crippen LogP contribution in [0.2, 0.25) is 5.02 Å². The van der Waals surface area contributed by atoms with Crippen LogP contribution in [0.3, 0.4) is 0 Å². The first kappa shape index (κ1) is 14.3. The van der Waals surface area contributed by atoms with Crippen molar-refractivity contribution in [2.75, 3.05) is 27.4 Å². The Bertz CT molecular complexity index is 347. The molecule has 0 amide bonds. The first-order chi connectivity index (χ1) is 8.17. The van der Waals surface area contributed by atoms with E-state index in [-0.39, 0.29) is 13.2 Å². The SMILES string of the molecule is CNCc1cc(Cl)ccc1OCC(O)COC. The highest BCUT2D eigenvalue weighted by Gasteiger charge is 2.08. The summed E-state index contributed by atoms with van der Waals surface area (Å²) >= 11 is 5.91. The van der Waals surface area contributed by atoms with Crippen LogP contribution in [0.25, 0.3) is 0 Å². The second-order valence-electron chi connectivity index (χ2n) is 3.70. The van der Waals surface area contributed by atoms with E-state index in [9.17, 15) is 5.11 Å². The van der Waals surface area contributed by atoms with E-state index >= 15 is 0 Å². The van der Waals surface area contributed by atoms with Crippen molar-refractivity contribution in [1.82, 2.24) is 5.32 Å². The number of halogens is 1. The Hall–Kier alpha value is -0.810. The number of aliphatic hydroxyl groups is 1. The van der Waals surface area contributed by atoms with E-state index in [2.05, 4.69) is 5.32 Å². The first-order valence-electron chi connectivity index (χ1n) is 5.40. The molecule has 0 saturated heterocycles. The summed E-state index contributed by atoms with van der Waals surface area (Å²) in [5, 5.41) is 13.2. The lowest BCUT2D eigenvalue weighted by molar-refractivity contribution is 0.0323. The average Bonchev–Trinajstić information content (AvgIpc) is 2.29. The summed E-state index contributed by atoms with van der Waals surface area (Å²) in [6.07, 6.45) is -0.627. The van der Waals surface area contributed by atoms with Gasteiger partial charge in [0.2, 0.25) is 0 Å². The Morgan fingerprint density at radius 1 is 1.41 bits per heavy atom. The van der Waals surface area contributed by atoms with Crippen molar-refractivity contribution in [3.8, 4) is 5.75 Å². The van der Waals surface area contributed by atoms with E-state index in [0.717, 1.165) is 11.3 Å². The van der Waals surface area contributed by atoms with Crippen LogP contribution >= 0.6 is 11.6 Å². The third-order valence-electron chi connectivity index (χ3n) is 2.18. The fourth-order valence-corrected chi connectivity index (χ4v) is 1.64. The minimum atomic E-state index is -0.627. The third-order valence-corrected chi connectivity index (χ3v) is 2.42. The quantitative estimate of drug-likeness (QED) is 0.778. The monoisotopic (exact) mass is 259 g/mol. The van der Waals surface area contributed by atoms with Crippen LogP contribution in [0.4, 0.5) is 0 Å². The van der Waals surface area contributed by atoms with E-state index in [1.165, 1.54) is 7.11 Å². The summed E-state index contributed by atoms with van der Waals surface area (Å²) < 4.78 is 10.4. The molecule has 0 saturated carbocycles. The number of hydrogen-bond donors (Lipinski definition) is 2. The number of nitrogens with one attached hydrogen (secondary N) is 1. The molecule has 2 N–H and O–H groups in total. The van der Waals surface area contributed by atoms with Gasteiger partial charge in [0.05, 0.1) is 6.61 Å². The number of rotatable bonds is 7. The number of aliphatic hydroxyl groups excluding tert-OH is 1. The Balaban J connectivity index is 2.62. The maximum absolute atomic E-state index is 9.49. The van der Waals surface area contributed by atoms with Gasteiger partial charge < -0.3 is 19.9 Å². The summed E-state index contributed by atoms with van der Waals surface area (Å²) in [5.74, 6) is 0.721. The molecule has 0 aliphatic heterocycles. The standard InChI is InChI=1S/C12H18ClNO3/c1-14-6-9-5-10(13)3-4-12(9)17-8-11(15)7-16-2/h3-5,11,14-15H,6-8H2,1-2H3. The smallest absolute Gasteiger partial charge is 0.124 e. The molecular weight excluding hydrogens is 242 g/mol. The van der Waals surface area contributed by atoms with E-state index in [1.54, 1.807) is 12.1 Å². The summed E-state index contributed by atoms with van der Waals surface area (Å²) in [4.78, 5) is 0. The van der Waals surface area contributed by atoms with E-state index in [0.29, 0.717) is 11.6 Å². The molecule has 0 bridgehead atoms. The van der Waals surface area contributed by atoms with Crippen LogP contribution in [-0.2, 0) is 11.3 Å². The van der Waals surface area contributed by atoms with Gasteiger partial charge in [0.25, 0.3) is 0 Å². The largest absolute Gasteiger partial charge is 0.490 e. The molecule has 17 heavy (non-hydrogen) atoms. The highest BCUT2D eigenvalue weighted by atomic mass is 35.5. The molecule has 1 aromatic rings. The van der Waals surface area contributed by atoms with E-state index in [1.807, 2.05) is 13.1 Å². The van der Waals surface area contributed by atoms with Gasteiger partial charge in [-0.15, -0.1) is 0 Å². The lowest BCUT2D eigenvalue weighted by Crippen LogP contribution is -2.23. The normalized spacial score (nSPS) is 12.5. The molecule has 0 aliphatic carbocycles. The topological polar surface area (TPSA) is 50.7 Å². The summed E-state index contributed by atoms with van der Waals surface area (Å²) in [7, 11) is 3.39. The molecule has 1 unspecified atom stereocenters. The maximum atomic E-state index is 9.49. The van der Waals surface area contributed by atoms with Crippen molar-refractivity contribution in [2.45, 2.75) is 12.6 Å². The van der Waals surface area contributed by atoms with Crippen LogP contribution in [0, 0.1) is 0 Å². The van der Waals surface area contributed by atoms with Gasteiger partial charge in [0, 0.05) is 24.2 Å². The average molecular weight is 260 g/mol. The number of benzene rings is 1. The highest BCUT2D eigenvalue weighted by molar-refractivity contribution is 6.30. The van der Waals surface area contributed by atoms with Gasteiger partial charge in [-0.25, -0.2) is 0 Å². The number of ether oxygens (including phenoxy) is 2. The fourth-order valence-electron chi connectivity index (χ4n) is 1.44. The molecule has 0 aliphatic rings. The minimum Gasteiger partial charge on any atom is -0.490 e. The molecule has 4 nitrogen and oxygen atoms in total. The van der Waals surface area contributed by atoms with E-state index in [4.69, 9.17) is 21.1 Å². The zero-order chi connectivity index (χ0) is 12.7. The minimum absolute atomic E-state index is 0.201. The summed E-state index contributed by atoms with van der Waals surface area (Å²) in [5.41, 5.74) is 0.963. The second kappa shape index (κ2) is 7.50. The van der Waals surface area contributed by atoms with Crippen molar-refractivity contribution in [3.63, 3.8) is 0 Å². The lowest BCUT2D eigenvalue weighted by atomic mass is 10.2. The van der Waals surface area contributed by atoms with E-state index < -0.39 is 6.10 Å².